The predicted octanol–water partition coefficient (Wildman–Crippen LogP) is 2.02. The zero-order valence-electron chi connectivity index (χ0n) is 12.2. The lowest BCUT2D eigenvalue weighted by Gasteiger charge is -2.35. The van der Waals surface area contributed by atoms with Crippen molar-refractivity contribution in [1.82, 2.24) is 9.88 Å². The molecular formula is C16H22N2O3. The van der Waals surface area contributed by atoms with Gasteiger partial charge in [0.05, 0.1) is 0 Å². The van der Waals surface area contributed by atoms with Crippen molar-refractivity contribution in [3.63, 3.8) is 0 Å². The van der Waals surface area contributed by atoms with Gasteiger partial charge in [0.2, 0.25) is 0 Å². The highest BCUT2D eigenvalue weighted by Gasteiger charge is 2.30. The Bertz CT molecular complexity index is 452. The summed E-state index contributed by atoms with van der Waals surface area (Å²) in [5.41, 5.74) is 0. The zero-order chi connectivity index (χ0) is 14.5. The number of hydrogen-bond donors (Lipinski definition) is 0. The molecule has 2 saturated heterocycles. The highest BCUT2D eigenvalue weighted by atomic mass is 16.5. The van der Waals surface area contributed by atoms with Crippen molar-refractivity contribution in [3.8, 4) is 5.75 Å². The number of likely N-dealkylation sites (tertiary alicyclic amines) is 1. The van der Waals surface area contributed by atoms with Gasteiger partial charge in [0.25, 0.3) is 5.91 Å². The molecule has 2 aliphatic heterocycles. The molecular weight excluding hydrogens is 268 g/mol. The van der Waals surface area contributed by atoms with Gasteiger partial charge < -0.3 is 14.4 Å². The van der Waals surface area contributed by atoms with Crippen LogP contribution in [-0.4, -0.2) is 47.7 Å². The Labute approximate surface area is 125 Å². The lowest BCUT2D eigenvalue weighted by molar-refractivity contribution is -0.148. The Kier molecular flexibility index (Phi) is 4.70. The van der Waals surface area contributed by atoms with Crippen molar-refractivity contribution in [3.05, 3.63) is 24.5 Å². The number of amides is 1. The molecule has 0 aromatic carbocycles. The molecule has 0 bridgehead atoms. The van der Waals surface area contributed by atoms with E-state index in [4.69, 9.17) is 9.47 Å². The van der Waals surface area contributed by atoms with Gasteiger partial charge in [-0.2, -0.15) is 0 Å². The van der Waals surface area contributed by atoms with Crippen LogP contribution in [0.5, 0.6) is 5.75 Å². The van der Waals surface area contributed by atoms with Gasteiger partial charge in [0.1, 0.15) is 18.0 Å². The average molecular weight is 290 g/mol. The highest BCUT2D eigenvalue weighted by molar-refractivity contribution is 5.81. The molecule has 3 heterocycles. The number of carbonyl (C=O) groups is 1. The molecule has 5 nitrogen and oxygen atoms in total. The van der Waals surface area contributed by atoms with Crippen LogP contribution in [-0.2, 0) is 9.53 Å². The Morgan fingerprint density at radius 3 is 2.62 bits per heavy atom. The van der Waals surface area contributed by atoms with Crippen molar-refractivity contribution < 1.29 is 14.3 Å². The second-order valence-corrected chi connectivity index (χ2v) is 5.68. The number of aromatic nitrogens is 1. The fourth-order valence-electron chi connectivity index (χ4n) is 2.94. The number of pyridine rings is 1. The van der Waals surface area contributed by atoms with Crippen molar-refractivity contribution in [2.24, 2.45) is 0 Å². The molecule has 0 radical (unpaired) electrons. The summed E-state index contributed by atoms with van der Waals surface area (Å²) in [6, 6.07) is 3.74. The maximum absolute atomic E-state index is 12.4. The van der Waals surface area contributed by atoms with Crippen molar-refractivity contribution in [1.29, 1.82) is 0 Å². The molecule has 5 heteroatoms. The number of hydrogen-bond acceptors (Lipinski definition) is 4. The summed E-state index contributed by atoms with van der Waals surface area (Å²) in [7, 11) is 0. The Morgan fingerprint density at radius 2 is 1.95 bits per heavy atom. The standard InChI is InChI=1S/C16H22N2O3/c19-16(15-3-1-2-12-20-15)18-10-6-14(7-11-18)21-13-4-8-17-9-5-13/h4-5,8-9,14-15H,1-3,6-7,10-12H2. The molecule has 1 aromatic rings. The van der Waals surface area contributed by atoms with Crippen LogP contribution in [0.1, 0.15) is 32.1 Å². The quantitative estimate of drug-likeness (QED) is 0.854. The van der Waals surface area contributed by atoms with E-state index in [9.17, 15) is 4.79 Å². The van der Waals surface area contributed by atoms with Crippen molar-refractivity contribution >= 4 is 5.91 Å². The third kappa shape index (κ3) is 3.73. The van der Waals surface area contributed by atoms with Crippen LogP contribution in [0.4, 0.5) is 0 Å². The fourth-order valence-corrected chi connectivity index (χ4v) is 2.94. The fraction of sp³-hybridized carbons (Fsp3) is 0.625. The lowest BCUT2D eigenvalue weighted by atomic mass is 10.0. The molecule has 114 valence electrons. The maximum atomic E-state index is 12.4. The van der Waals surface area contributed by atoms with E-state index < -0.39 is 0 Å². The van der Waals surface area contributed by atoms with Crippen molar-refractivity contribution in [2.45, 2.75) is 44.3 Å². The van der Waals surface area contributed by atoms with E-state index in [2.05, 4.69) is 4.98 Å². The van der Waals surface area contributed by atoms with Crippen LogP contribution < -0.4 is 4.74 Å². The molecule has 0 saturated carbocycles. The van der Waals surface area contributed by atoms with Crippen LogP contribution in [0.2, 0.25) is 0 Å². The van der Waals surface area contributed by atoms with Gasteiger partial charge in [-0.1, -0.05) is 0 Å². The van der Waals surface area contributed by atoms with Gasteiger partial charge in [0.15, 0.2) is 0 Å². The number of piperidine rings is 1. The first kappa shape index (κ1) is 14.3. The van der Waals surface area contributed by atoms with Gasteiger partial charge in [-0.25, -0.2) is 0 Å². The summed E-state index contributed by atoms with van der Waals surface area (Å²) >= 11 is 0. The van der Waals surface area contributed by atoms with Gasteiger partial charge >= 0.3 is 0 Å². The second-order valence-electron chi connectivity index (χ2n) is 5.68. The zero-order valence-corrected chi connectivity index (χ0v) is 12.2. The third-order valence-corrected chi connectivity index (χ3v) is 4.16. The SMILES string of the molecule is O=C(C1CCCCO1)N1CCC(Oc2ccncc2)CC1. The van der Waals surface area contributed by atoms with E-state index in [0.717, 1.165) is 57.6 Å². The molecule has 2 aliphatic rings. The van der Waals surface area contributed by atoms with Crippen molar-refractivity contribution in [2.75, 3.05) is 19.7 Å². The highest BCUT2D eigenvalue weighted by Crippen LogP contribution is 2.21. The first-order valence-electron chi connectivity index (χ1n) is 7.80. The third-order valence-electron chi connectivity index (χ3n) is 4.16. The van der Waals surface area contributed by atoms with Gasteiger partial charge in [0, 0.05) is 44.9 Å². The van der Waals surface area contributed by atoms with Gasteiger partial charge in [-0.3, -0.25) is 9.78 Å². The average Bonchev–Trinajstić information content (AvgIpc) is 2.57. The molecule has 2 fully saturated rings. The van der Waals surface area contributed by atoms with E-state index in [1.165, 1.54) is 0 Å². The van der Waals surface area contributed by atoms with Crippen LogP contribution in [0, 0.1) is 0 Å². The van der Waals surface area contributed by atoms with Crippen LogP contribution in [0.15, 0.2) is 24.5 Å². The first-order valence-corrected chi connectivity index (χ1v) is 7.80. The molecule has 0 N–H and O–H groups in total. The molecule has 1 amide bonds. The first-order chi connectivity index (χ1) is 10.3. The number of nitrogens with zero attached hydrogens (tertiary/aromatic N) is 2. The normalized spacial score (nSPS) is 23.8. The Hall–Kier alpha value is -1.62. The van der Waals surface area contributed by atoms with Gasteiger partial charge in [-0.15, -0.1) is 0 Å². The molecule has 1 unspecified atom stereocenters. The second kappa shape index (κ2) is 6.89. The minimum absolute atomic E-state index is 0.164. The molecule has 1 atom stereocenters. The Balaban J connectivity index is 1.47. The summed E-state index contributed by atoms with van der Waals surface area (Å²) in [5.74, 6) is 1.02. The predicted molar refractivity (Wildman–Crippen MR) is 78.1 cm³/mol. The molecule has 1 aromatic heterocycles. The minimum Gasteiger partial charge on any atom is -0.490 e. The summed E-state index contributed by atoms with van der Waals surface area (Å²) in [6.07, 6.45) is 8.22. The van der Waals surface area contributed by atoms with Crippen LogP contribution in [0.25, 0.3) is 0 Å². The summed E-state index contributed by atoms with van der Waals surface area (Å²) in [4.78, 5) is 18.3. The number of carbonyl (C=O) groups excluding carboxylic acids is 1. The lowest BCUT2D eigenvalue weighted by Crippen LogP contribution is -2.47. The van der Waals surface area contributed by atoms with E-state index in [1.807, 2.05) is 17.0 Å². The van der Waals surface area contributed by atoms with Crippen LogP contribution >= 0.6 is 0 Å². The largest absolute Gasteiger partial charge is 0.490 e. The monoisotopic (exact) mass is 290 g/mol. The summed E-state index contributed by atoms with van der Waals surface area (Å²) < 4.78 is 11.5. The van der Waals surface area contributed by atoms with E-state index >= 15 is 0 Å². The van der Waals surface area contributed by atoms with Crippen LogP contribution in [0.3, 0.4) is 0 Å². The summed E-state index contributed by atoms with van der Waals surface area (Å²) in [5, 5.41) is 0. The number of ether oxygens (including phenoxy) is 2. The van der Waals surface area contributed by atoms with E-state index in [1.54, 1.807) is 12.4 Å². The topological polar surface area (TPSA) is 51.7 Å². The molecule has 0 aliphatic carbocycles. The van der Waals surface area contributed by atoms with E-state index in [0.29, 0.717) is 0 Å². The maximum Gasteiger partial charge on any atom is 0.251 e. The van der Waals surface area contributed by atoms with Gasteiger partial charge in [-0.05, 0) is 31.4 Å². The van der Waals surface area contributed by atoms with E-state index in [-0.39, 0.29) is 18.1 Å². The summed E-state index contributed by atoms with van der Waals surface area (Å²) in [6.45, 7) is 2.24. The molecule has 21 heavy (non-hydrogen) atoms. The minimum atomic E-state index is -0.212. The number of rotatable bonds is 3. The molecule has 3 rings (SSSR count). The smallest absolute Gasteiger partial charge is 0.251 e. The Morgan fingerprint density at radius 1 is 1.19 bits per heavy atom. The molecule has 0 spiro atoms.